The van der Waals surface area contributed by atoms with E-state index in [2.05, 4.69) is 23.8 Å². The molecule has 0 fully saturated rings. The zero-order chi connectivity index (χ0) is 12.2. The van der Waals surface area contributed by atoms with Gasteiger partial charge in [0.1, 0.15) is 6.61 Å². The molecule has 0 aliphatic heterocycles. The second kappa shape index (κ2) is 5.25. The van der Waals surface area contributed by atoms with Crippen molar-refractivity contribution in [2.45, 2.75) is 46.1 Å². The maximum atomic E-state index is 6.14. The molecule has 4 heteroatoms. The summed E-state index contributed by atoms with van der Waals surface area (Å²) >= 11 is 0. The third kappa shape index (κ3) is 3.45. The summed E-state index contributed by atoms with van der Waals surface area (Å²) < 4.78 is 5.57. The van der Waals surface area contributed by atoms with Gasteiger partial charge in [0, 0.05) is 16.9 Å². The largest absolute Gasteiger partial charge is 0.461 e. The second-order valence-corrected chi connectivity index (χ2v) is 4.29. The van der Waals surface area contributed by atoms with E-state index < -0.39 is 0 Å². The lowest BCUT2D eigenvalue weighted by molar-refractivity contribution is 0.193. The quantitative estimate of drug-likeness (QED) is 0.829. The molecule has 90 valence electrons. The molecule has 0 saturated heterocycles. The van der Waals surface area contributed by atoms with Gasteiger partial charge < -0.3 is 10.5 Å². The van der Waals surface area contributed by atoms with Crippen LogP contribution in [0.1, 0.15) is 38.1 Å². The Balaban J connectivity index is 2.67. The first-order valence-electron chi connectivity index (χ1n) is 5.73. The molecular formula is C12H21N3O. The Hall–Kier alpha value is -1.16. The number of nitrogens with two attached hydrogens (primary N) is 1. The minimum atomic E-state index is -0.277. The highest BCUT2D eigenvalue weighted by molar-refractivity contribution is 5.11. The van der Waals surface area contributed by atoms with E-state index in [1.165, 1.54) is 0 Å². The summed E-state index contributed by atoms with van der Waals surface area (Å²) in [5, 5.41) is 0. The van der Waals surface area contributed by atoms with Gasteiger partial charge in [0.05, 0.1) is 0 Å². The lowest BCUT2D eigenvalue weighted by atomic mass is 9.96. The van der Waals surface area contributed by atoms with Gasteiger partial charge in [0.25, 0.3) is 0 Å². The van der Waals surface area contributed by atoms with E-state index >= 15 is 0 Å². The molecule has 0 unspecified atom stereocenters. The van der Waals surface area contributed by atoms with Crippen LogP contribution in [-0.4, -0.2) is 22.1 Å². The average Bonchev–Trinajstić information content (AvgIpc) is 2.25. The van der Waals surface area contributed by atoms with E-state index in [1.54, 1.807) is 0 Å². The van der Waals surface area contributed by atoms with Crippen LogP contribution in [0, 0.1) is 13.8 Å². The van der Waals surface area contributed by atoms with Crippen LogP contribution in [-0.2, 0) is 0 Å². The number of hydrogen-bond donors (Lipinski definition) is 1. The van der Waals surface area contributed by atoms with Crippen LogP contribution in [0.3, 0.4) is 0 Å². The smallest absolute Gasteiger partial charge is 0.316 e. The van der Waals surface area contributed by atoms with Gasteiger partial charge in [-0.25, -0.2) is 9.97 Å². The minimum absolute atomic E-state index is 0.277. The number of aromatic nitrogens is 2. The molecule has 0 radical (unpaired) electrons. The topological polar surface area (TPSA) is 61.0 Å². The Morgan fingerprint density at radius 2 is 1.69 bits per heavy atom. The van der Waals surface area contributed by atoms with E-state index in [-0.39, 0.29) is 5.54 Å². The van der Waals surface area contributed by atoms with Gasteiger partial charge in [0.15, 0.2) is 0 Å². The van der Waals surface area contributed by atoms with Crippen LogP contribution in [0.25, 0.3) is 0 Å². The van der Waals surface area contributed by atoms with Gasteiger partial charge in [0.2, 0.25) is 0 Å². The Kier molecular flexibility index (Phi) is 4.24. The lowest BCUT2D eigenvalue weighted by Crippen LogP contribution is -2.44. The zero-order valence-electron chi connectivity index (χ0n) is 10.6. The number of ether oxygens (including phenoxy) is 1. The highest BCUT2D eigenvalue weighted by Crippen LogP contribution is 2.13. The Morgan fingerprint density at radius 1 is 1.19 bits per heavy atom. The summed E-state index contributed by atoms with van der Waals surface area (Å²) in [6.45, 7) is 8.45. The molecule has 1 heterocycles. The van der Waals surface area contributed by atoms with E-state index in [0.29, 0.717) is 12.6 Å². The molecule has 0 atom stereocenters. The molecule has 0 aliphatic rings. The third-order valence-corrected chi connectivity index (χ3v) is 2.86. The normalized spacial score (nSPS) is 11.6. The van der Waals surface area contributed by atoms with E-state index in [9.17, 15) is 0 Å². The molecule has 0 aliphatic carbocycles. The van der Waals surface area contributed by atoms with Crippen molar-refractivity contribution in [2.75, 3.05) is 6.61 Å². The monoisotopic (exact) mass is 223 g/mol. The molecule has 0 aromatic carbocycles. The van der Waals surface area contributed by atoms with E-state index in [0.717, 1.165) is 24.2 Å². The first-order chi connectivity index (χ1) is 7.49. The summed E-state index contributed by atoms with van der Waals surface area (Å²) in [5.74, 6) is 0. The molecule has 2 N–H and O–H groups in total. The van der Waals surface area contributed by atoms with Crippen LogP contribution in [0.5, 0.6) is 6.01 Å². The minimum Gasteiger partial charge on any atom is -0.461 e. The predicted molar refractivity (Wildman–Crippen MR) is 64.5 cm³/mol. The summed E-state index contributed by atoms with van der Waals surface area (Å²) in [6.07, 6.45) is 1.77. The van der Waals surface area contributed by atoms with Crippen molar-refractivity contribution in [2.24, 2.45) is 5.73 Å². The lowest BCUT2D eigenvalue weighted by Gasteiger charge is -2.25. The molecule has 0 amide bonds. The first-order valence-corrected chi connectivity index (χ1v) is 5.73. The van der Waals surface area contributed by atoms with Crippen molar-refractivity contribution >= 4 is 0 Å². The highest BCUT2D eigenvalue weighted by atomic mass is 16.5. The second-order valence-electron chi connectivity index (χ2n) is 4.29. The average molecular weight is 223 g/mol. The van der Waals surface area contributed by atoms with Crippen molar-refractivity contribution in [1.29, 1.82) is 0 Å². The maximum absolute atomic E-state index is 6.14. The fourth-order valence-electron chi connectivity index (χ4n) is 1.42. The molecule has 4 nitrogen and oxygen atoms in total. The summed E-state index contributed by atoms with van der Waals surface area (Å²) in [5.41, 5.74) is 7.69. The van der Waals surface area contributed by atoms with Crippen LogP contribution in [0.4, 0.5) is 0 Å². The number of rotatable bonds is 5. The molecule has 0 saturated carbocycles. The van der Waals surface area contributed by atoms with E-state index in [1.807, 2.05) is 19.9 Å². The van der Waals surface area contributed by atoms with Crippen LogP contribution < -0.4 is 10.5 Å². The standard InChI is InChI=1S/C12H21N3O/c1-5-12(13,6-2)8-16-11-14-9(3)7-10(4)15-11/h7H,5-6,8,13H2,1-4H3. The number of aryl methyl sites for hydroxylation is 2. The molecule has 1 aromatic heterocycles. The van der Waals surface area contributed by atoms with Crippen LogP contribution >= 0.6 is 0 Å². The maximum Gasteiger partial charge on any atom is 0.316 e. The summed E-state index contributed by atoms with van der Waals surface area (Å²) in [7, 11) is 0. The van der Waals surface area contributed by atoms with Gasteiger partial charge in [-0.1, -0.05) is 13.8 Å². The van der Waals surface area contributed by atoms with Gasteiger partial charge in [-0.3, -0.25) is 0 Å². The summed E-state index contributed by atoms with van der Waals surface area (Å²) in [4.78, 5) is 8.43. The Labute approximate surface area is 97.2 Å². The predicted octanol–water partition coefficient (Wildman–Crippen LogP) is 1.99. The first kappa shape index (κ1) is 12.9. The molecular weight excluding hydrogens is 202 g/mol. The van der Waals surface area contributed by atoms with Crippen molar-refractivity contribution in [3.8, 4) is 6.01 Å². The van der Waals surface area contributed by atoms with Crippen molar-refractivity contribution in [3.63, 3.8) is 0 Å². The van der Waals surface area contributed by atoms with Crippen molar-refractivity contribution in [3.05, 3.63) is 17.5 Å². The molecule has 16 heavy (non-hydrogen) atoms. The summed E-state index contributed by atoms with van der Waals surface area (Å²) in [6, 6.07) is 2.34. The molecule has 0 spiro atoms. The van der Waals surface area contributed by atoms with Crippen LogP contribution in [0.2, 0.25) is 0 Å². The highest BCUT2D eigenvalue weighted by Gasteiger charge is 2.21. The Morgan fingerprint density at radius 3 is 2.12 bits per heavy atom. The molecule has 1 rings (SSSR count). The number of hydrogen-bond acceptors (Lipinski definition) is 4. The van der Waals surface area contributed by atoms with Gasteiger partial charge >= 0.3 is 6.01 Å². The zero-order valence-corrected chi connectivity index (χ0v) is 10.6. The molecule has 1 aromatic rings. The van der Waals surface area contributed by atoms with Crippen LogP contribution in [0.15, 0.2) is 6.07 Å². The van der Waals surface area contributed by atoms with Gasteiger partial charge in [-0.2, -0.15) is 0 Å². The third-order valence-electron chi connectivity index (χ3n) is 2.86. The SMILES string of the molecule is CCC(N)(CC)COc1nc(C)cc(C)n1. The van der Waals surface area contributed by atoms with Crippen molar-refractivity contribution < 1.29 is 4.74 Å². The Bertz CT molecular complexity index is 328. The fraction of sp³-hybridized carbons (Fsp3) is 0.667. The van der Waals surface area contributed by atoms with E-state index in [4.69, 9.17) is 10.5 Å². The van der Waals surface area contributed by atoms with Crippen molar-refractivity contribution in [1.82, 2.24) is 9.97 Å². The fourth-order valence-corrected chi connectivity index (χ4v) is 1.42. The molecule has 0 bridgehead atoms. The van der Waals surface area contributed by atoms with Gasteiger partial charge in [-0.05, 0) is 32.8 Å². The van der Waals surface area contributed by atoms with Gasteiger partial charge in [-0.15, -0.1) is 0 Å². The number of nitrogens with zero attached hydrogens (tertiary/aromatic N) is 2.